The van der Waals surface area contributed by atoms with Crippen molar-refractivity contribution in [3.05, 3.63) is 36.4 Å². The molecular formula is C27H35N3O5. The monoisotopic (exact) mass is 481 g/mol. The van der Waals surface area contributed by atoms with Crippen molar-refractivity contribution >= 4 is 23.4 Å². The number of hydrogen-bond donors (Lipinski definition) is 2. The van der Waals surface area contributed by atoms with Gasteiger partial charge in [0, 0.05) is 23.8 Å². The van der Waals surface area contributed by atoms with Crippen LogP contribution in [0.2, 0.25) is 0 Å². The lowest BCUT2D eigenvalue weighted by Gasteiger charge is -2.36. The molecule has 4 aliphatic rings. The maximum Gasteiger partial charge on any atom is 0.246 e. The van der Waals surface area contributed by atoms with E-state index < -0.39 is 29.6 Å². The quantitative estimate of drug-likeness (QED) is 0.584. The second-order valence-corrected chi connectivity index (χ2v) is 10.3. The van der Waals surface area contributed by atoms with Gasteiger partial charge in [-0.2, -0.15) is 0 Å². The van der Waals surface area contributed by atoms with Crippen molar-refractivity contribution in [3.8, 4) is 5.75 Å². The van der Waals surface area contributed by atoms with Crippen LogP contribution in [0.4, 0.5) is 5.69 Å². The molecule has 188 valence electrons. The van der Waals surface area contributed by atoms with Gasteiger partial charge in [-0.25, -0.2) is 0 Å². The molecule has 3 aliphatic heterocycles. The molecule has 3 fully saturated rings. The summed E-state index contributed by atoms with van der Waals surface area (Å²) in [5.41, 5.74) is -0.536. The van der Waals surface area contributed by atoms with E-state index in [-0.39, 0.29) is 29.8 Å². The number of carbonyl (C=O) groups excluding carboxylic acids is 3. The van der Waals surface area contributed by atoms with E-state index in [2.05, 4.69) is 10.6 Å². The maximum absolute atomic E-state index is 13.9. The topological polar surface area (TPSA) is 97.0 Å². The van der Waals surface area contributed by atoms with Crippen molar-refractivity contribution < 1.29 is 23.9 Å². The molecule has 1 aromatic rings. The molecule has 1 spiro atoms. The van der Waals surface area contributed by atoms with Gasteiger partial charge in [0.1, 0.15) is 17.4 Å². The third kappa shape index (κ3) is 3.92. The van der Waals surface area contributed by atoms with E-state index in [9.17, 15) is 14.4 Å². The Hall–Kier alpha value is -2.87. The lowest BCUT2D eigenvalue weighted by Crippen LogP contribution is -2.58. The highest BCUT2D eigenvalue weighted by molar-refractivity contribution is 6.03. The summed E-state index contributed by atoms with van der Waals surface area (Å²) in [6, 6.07) is 6.30. The first-order chi connectivity index (χ1) is 16.9. The Bertz CT molecular complexity index is 1040. The van der Waals surface area contributed by atoms with Gasteiger partial charge in [0.2, 0.25) is 17.7 Å². The molecule has 2 saturated heterocycles. The van der Waals surface area contributed by atoms with Crippen LogP contribution >= 0.6 is 0 Å². The van der Waals surface area contributed by atoms with E-state index in [0.29, 0.717) is 17.9 Å². The highest BCUT2D eigenvalue weighted by atomic mass is 16.5. The molecular weight excluding hydrogens is 446 g/mol. The highest BCUT2D eigenvalue weighted by Gasteiger charge is 2.73. The molecule has 1 aromatic carbocycles. The van der Waals surface area contributed by atoms with Gasteiger partial charge in [0.05, 0.1) is 25.0 Å². The first kappa shape index (κ1) is 23.9. The zero-order valence-electron chi connectivity index (χ0n) is 20.7. The van der Waals surface area contributed by atoms with E-state index in [1.54, 1.807) is 36.3 Å². The summed E-state index contributed by atoms with van der Waals surface area (Å²) in [5, 5.41) is 6.15. The Balaban J connectivity index is 1.44. The predicted molar refractivity (Wildman–Crippen MR) is 131 cm³/mol. The normalized spacial score (nSPS) is 32.4. The largest absolute Gasteiger partial charge is 0.497 e. The molecule has 6 atom stereocenters. The smallest absolute Gasteiger partial charge is 0.246 e. The van der Waals surface area contributed by atoms with E-state index in [1.165, 1.54) is 6.42 Å². The number of amides is 3. The Morgan fingerprint density at radius 3 is 2.71 bits per heavy atom. The summed E-state index contributed by atoms with van der Waals surface area (Å²) in [6.07, 6.45) is 9.17. The maximum atomic E-state index is 13.9. The zero-order chi connectivity index (χ0) is 24.7. The number of hydrogen-bond acceptors (Lipinski definition) is 5. The number of nitrogens with one attached hydrogen (secondary N) is 2. The minimum atomic E-state index is -1.12. The van der Waals surface area contributed by atoms with Crippen LogP contribution in [-0.2, 0) is 19.1 Å². The first-order valence-corrected chi connectivity index (χ1v) is 12.8. The minimum Gasteiger partial charge on any atom is -0.497 e. The molecule has 1 aliphatic carbocycles. The number of rotatable bonds is 7. The zero-order valence-corrected chi connectivity index (χ0v) is 20.7. The third-order valence-electron chi connectivity index (χ3n) is 8.22. The van der Waals surface area contributed by atoms with Crippen molar-refractivity contribution in [2.24, 2.45) is 11.8 Å². The molecule has 3 heterocycles. The minimum absolute atomic E-state index is 0.121. The molecule has 3 amide bonds. The van der Waals surface area contributed by atoms with Gasteiger partial charge in [0.15, 0.2) is 0 Å². The average molecular weight is 482 g/mol. The summed E-state index contributed by atoms with van der Waals surface area (Å²) in [4.78, 5) is 42.8. The number of nitrogens with zero attached hydrogens (tertiary/aromatic N) is 1. The second kappa shape index (κ2) is 9.30. The van der Waals surface area contributed by atoms with Gasteiger partial charge in [0.25, 0.3) is 0 Å². The number of anilines is 1. The number of ether oxygens (including phenoxy) is 2. The predicted octanol–water partition coefficient (Wildman–Crippen LogP) is 3.03. The van der Waals surface area contributed by atoms with Crippen LogP contribution < -0.4 is 15.4 Å². The van der Waals surface area contributed by atoms with Gasteiger partial charge >= 0.3 is 0 Å². The summed E-state index contributed by atoms with van der Waals surface area (Å²) >= 11 is 0. The molecule has 0 aromatic heterocycles. The average Bonchev–Trinajstić information content (AvgIpc) is 3.51. The van der Waals surface area contributed by atoms with Crippen LogP contribution in [0.3, 0.4) is 0 Å². The molecule has 0 radical (unpaired) electrons. The molecule has 8 nitrogen and oxygen atoms in total. The molecule has 2 bridgehead atoms. The van der Waals surface area contributed by atoms with Crippen LogP contribution in [0, 0.1) is 11.8 Å². The van der Waals surface area contributed by atoms with E-state index in [1.807, 2.05) is 26.0 Å². The van der Waals surface area contributed by atoms with Crippen molar-refractivity contribution in [2.45, 2.75) is 82.2 Å². The fraction of sp³-hybridized carbons (Fsp3) is 0.593. The fourth-order valence-corrected chi connectivity index (χ4v) is 6.33. The van der Waals surface area contributed by atoms with Crippen molar-refractivity contribution in [3.63, 3.8) is 0 Å². The number of carbonyl (C=O) groups is 3. The lowest BCUT2D eigenvalue weighted by molar-refractivity contribution is -0.143. The number of methoxy groups -OCH3 is 1. The summed E-state index contributed by atoms with van der Waals surface area (Å²) < 4.78 is 11.7. The van der Waals surface area contributed by atoms with Crippen LogP contribution in [0.1, 0.15) is 52.4 Å². The van der Waals surface area contributed by atoms with Gasteiger partial charge < -0.3 is 25.0 Å². The number of fused-ring (bicyclic) bond motifs is 1. The van der Waals surface area contributed by atoms with E-state index in [4.69, 9.17) is 9.47 Å². The highest BCUT2D eigenvalue weighted by Crippen LogP contribution is 2.55. The summed E-state index contributed by atoms with van der Waals surface area (Å²) in [6.45, 7) is 3.96. The third-order valence-corrected chi connectivity index (χ3v) is 8.22. The summed E-state index contributed by atoms with van der Waals surface area (Å²) in [5.74, 6) is -1.46. The molecule has 2 N–H and O–H groups in total. The molecule has 5 rings (SSSR count). The SMILES string of the molecule is CC[C@H](C)N1C(=O)[C@@H]2[C@@H](C(=O)Nc3cccc(OC)c3)[C@@H]3C=C[C@@]2(O3)[C@@H]1C(=O)NC1CCCCC1. The molecule has 8 heteroatoms. The van der Waals surface area contributed by atoms with Crippen LogP contribution in [0.15, 0.2) is 36.4 Å². The Kier molecular flexibility index (Phi) is 6.34. The standard InChI is InChI=1S/C27H35N3O5/c1-4-16(2)30-23(25(32)28-17-9-6-5-7-10-17)27-14-13-20(35-27)21(22(27)26(30)33)24(31)29-18-11-8-12-19(15-18)34-3/h8,11-17,20-23H,4-7,9-10H2,1-3H3,(H,28,32)(H,29,31)/t16-,20-,21-,22-,23-,27-/m0/s1. The van der Waals surface area contributed by atoms with Gasteiger partial charge in [-0.15, -0.1) is 0 Å². The Morgan fingerprint density at radius 1 is 1.23 bits per heavy atom. The lowest BCUT2D eigenvalue weighted by atomic mass is 9.74. The molecule has 35 heavy (non-hydrogen) atoms. The van der Waals surface area contributed by atoms with Crippen molar-refractivity contribution in [2.75, 3.05) is 12.4 Å². The van der Waals surface area contributed by atoms with Gasteiger partial charge in [-0.05, 0) is 38.3 Å². The van der Waals surface area contributed by atoms with E-state index >= 15 is 0 Å². The van der Waals surface area contributed by atoms with Crippen LogP contribution in [0.25, 0.3) is 0 Å². The van der Waals surface area contributed by atoms with E-state index in [0.717, 1.165) is 25.7 Å². The van der Waals surface area contributed by atoms with Crippen molar-refractivity contribution in [1.29, 1.82) is 0 Å². The fourth-order valence-electron chi connectivity index (χ4n) is 6.33. The van der Waals surface area contributed by atoms with Gasteiger partial charge in [-0.1, -0.05) is 44.4 Å². The number of likely N-dealkylation sites (tertiary alicyclic amines) is 1. The van der Waals surface area contributed by atoms with Crippen molar-refractivity contribution in [1.82, 2.24) is 10.2 Å². The number of benzene rings is 1. The molecule has 0 unspecified atom stereocenters. The van der Waals surface area contributed by atoms with Crippen LogP contribution in [0.5, 0.6) is 5.75 Å². The Morgan fingerprint density at radius 2 is 2.00 bits per heavy atom. The van der Waals surface area contributed by atoms with Gasteiger partial charge in [-0.3, -0.25) is 14.4 Å². The second-order valence-electron chi connectivity index (χ2n) is 10.3. The first-order valence-electron chi connectivity index (χ1n) is 12.8. The van der Waals surface area contributed by atoms with Crippen LogP contribution in [-0.4, -0.2) is 59.6 Å². The molecule has 1 saturated carbocycles. The Labute approximate surface area is 206 Å². The summed E-state index contributed by atoms with van der Waals surface area (Å²) in [7, 11) is 1.57.